The van der Waals surface area contributed by atoms with E-state index in [4.69, 9.17) is 29.6 Å². The number of benzene rings is 1. The second kappa shape index (κ2) is 6.11. The topological polar surface area (TPSA) is 46.3 Å². The molecule has 0 fully saturated rings. The van der Waals surface area contributed by atoms with Crippen molar-refractivity contribution in [2.45, 2.75) is 19.9 Å². The van der Waals surface area contributed by atoms with E-state index in [9.17, 15) is 9.18 Å². The smallest absolute Gasteiger partial charge is 0.257 e. The fraction of sp³-hybridized carbons (Fsp3) is 0.333. The standard InChI is InChI=1S/C12H14ClFN2OS/c1-7(2)16(6-11(15)18)12(17)9-4-3-8(13)5-10(9)14/h3-5,7H,6H2,1-2H3,(H2,15,18). The van der Waals surface area contributed by atoms with Crippen LogP contribution in [0.3, 0.4) is 0 Å². The van der Waals surface area contributed by atoms with Crippen LogP contribution in [-0.2, 0) is 0 Å². The number of halogens is 2. The molecule has 0 aliphatic rings. The summed E-state index contributed by atoms with van der Waals surface area (Å²) in [6.07, 6.45) is 0. The average molecular weight is 289 g/mol. The van der Waals surface area contributed by atoms with Gasteiger partial charge in [-0.15, -0.1) is 0 Å². The second-order valence-corrected chi connectivity index (χ2v) is 5.08. The van der Waals surface area contributed by atoms with Gasteiger partial charge < -0.3 is 10.6 Å². The molecule has 0 spiro atoms. The first-order chi connectivity index (χ1) is 8.32. The Morgan fingerprint density at radius 1 is 1.56 bits per heavy atom. The molecule has 1 aromatic carbocycles. The van der Waals surface area contributed by atoms with E-state index in [0.717, 1.165) is 6.07 Å². The van der Waals surface area contributed by atoms with Gasteiger partial charge in [-0.2, -0.15) is 0 Å². The molecular weight excluding hydrogens is 275 g/mol. The Bertz CT molecular complexity index is 479. The maximum absolute atomic E-state index is 13.7. The average Bonchev–Trinajstić information content (AvgIpc) is 2.24. The number of carbonyl (C=O) groups is 1. The highest BCUT2D eigenvalue weighted by Crippen LogP contribution is 2.17. The Morgan fingerprint density at radius 2 is 2.17 bits per heavy atom. The maximum atomic E-state index is 13.7. The van der Waals surface area contributed by atoms with E-state index in [1.54, 1.807) is 0 Å². The van der Waals surface area contributed by atoms with Crippen molar-refractivity contribution in [2.24, 2.45) is 5.73 Å². The molecule has 6 heteroatoms. The van der Waals surface area contributed by atoms with Gasteiger partial charge in [-0.1, -0.05) is 23.8 Å². The van der Waals surface area contributed by atoms with Crippen LogP contribution in [-0.4, -0.2) is 28.4 Å². The Balaban J connectivity index is 3.05. The van der Waals surface area contributed by atoms with Crippen LogP contribution in [0.2, 0.25) is 5.02 Å². The van der Waals surface area contributed by atoms with Crippen molar-refractivity contribution in [3.05, 3.63) is 34.6 Å². The summed E-state index contributed by atoms with van der Waals surface area (Å²) >= 11 is 10.4. The van der Waals surface area contributed by atoms with Crippen LogP contribution in [0, 0.1) is 5.82 Å². The molecule has 0 saturated carbocycles. The minimum absolute atomic E-state index is 0.0376. The van der Waals surface area contributed by atoms with Crippen LogP contribution in [0.1, 0.15) is 24.2 Å². The molecule has 1 aromatic rings. The summed E-state index contributed by atoms with van der Waals surface area (Å²) in [5, 5.41) is 0.245. The highest BCUT2D eigenvalue weighted by atomic mass is 35.5. The van der Waals surface area contributed by atoms with Gasteiger partial charge in [0.05, 0.1) is 17.1 Å². The third-order valence-electron chi connectivity index (χ3n) is 2.37. The minimum atomic E-state index is -0.652. The Morgan fingerprint density at radius 3 is 2.61 bits per heavy atom. The lowest BCUT2D eigenvalue weighted by atomic mass is 10.1. The van der Waals surface area contributed by atoms with Gasteiger partial charge >= 0.3 is 0 Å². The summed E-state index contributed by atoms with van der Waals surface area (Å²) in [4.78, 5) is 13.8. The molecule has 0 atom stereocenters. The first kappa shape index (κ1) is 14.9. The van der Waals surface area contributed by atoms with Gasteiger partial charge in [0.15, 0.2) is 0 Å². The van der Waals surface area contributed by atoms with Gasteiger partial charge in [0.1, 0.15) is 5.82 Å². The van der Waals surface area contributed by atoms with Crippen molar-refractivity contribution in [2.75, 3.05) is 6.54 Å². The zero-order chi connectivity index (χ0) is 13.9. The number of amides is 1. The number of nitrogens with two attached hydrogens (primary N) is 1. The quantitative estimate of drug-likeness (QED) is 0.867. The fourth-order valence-electron chi connectivity index (χ4n) is 1.47. The normalized spacial score (nSPS) is 10.5. The van der Waals surface area contributed by atoms with Crippen molar-refractivity contribution in [1.82, 2.24) is 4.90 Å². The van der Waals surface area contributed by atoms with E-state index < -0.39 is 11.7 Å². The second-order valence-electron chi connectivity index (χ2n) is 4.12. The molecule has 0 aliphatic heterocycles. The van der Waals surface area contributed by atoms with Crippen molar-refractivity contribution in [1.29, 1.82) is 0 Å². The van der Waals surface area contributed by atoms with Crippen LogP contribution >= 0.6 is 23.8 Å². The van der Waals surface area contributed by atoms with Gasteiger partial charge in [-0.05, 0) is 32.0 Å². The number of carbonyl (C=O) groups excluding carboxylic acids is 1. The molecule has 18 heavy (non-hydrogen) atoms. The molecule has 0 aromatic heterocycles. The molecule has 0 aliphatic carbocycles. The Kier molecular flexibility index (Phi) is 5.04. The monoisotopic (exact) mass is 288 g/mol. The van der Waals surface area contributed by atoms with E-state index in [-0.39, 0.29) is 28.2 Å². The van der Waals surface area contributed by atoms with E-state index in [1.807, 2.05) is 13.8 Å². The van der Waals surface area contributed by atoms with Crippen molar-refractivity contribution in [3.63, 3.8) is 0 Å². The first-order valence-corrected chi connectivity index (χ1v) is 6.16. The molecule has 0 unspecified atom stereocenters. The largest absolute Gasteiger partial charge is 0.392 e. The minimum Gasteiger partial charge on any atom is -0.392 e. The van der Waals surface area contributed by atoms with E-state index in [2.05, 4.69) is 0 Å². The third kappa shape index (κ3) is 3.65. The Labute approximate surface area is 116 Å². The van der Waals surface area contributed by atoms with Crippen molar-refractivity contribution >= 4 is 34.7 Å². The number of thiocarbonyl (C=S) groups is 1. The van der Waals surface area contributed by atoms with E-state index >= 15 is 0 Å². The lowest BCUT2D eigenvalue weighted by Crippen LogP contribution is -2.42. The van der Waals surface area contributed by atoms with Crippen LogP contribution in [0.5, 0.6) is 0 Å². The van der Waals surface area contributed by atoms with E-state index in [1.165, 1.54) is 17.0 Å². The third-order valence-corrected chi connectivity index (χ3v) is 2.74. The molecule has 0 heterocycles. The summed E-state index contributed by atoms with van der Waals surface area (Å²) in [6.45, 7) is 3.74. The van der Waals surface area contributed by atoms with Gasteiger partial charge in [0.2, 0.25) is 0 Å². The fourth-order valence-corrected chi connectivity index (χ4v) is 1.77. The van der Waals surface area contributed by atoms with Gasteiger partial charge in [-0.3, -0.25) is 4.79 Å². The van der Waals surface area contributed by atoms with Gasteiger partial charge in [-0.25, -0.2) is 4.39 Å². The molecule has 0 saturated heterocycles. The molecule has 0 bridgehead atoms. The number of rotatable bonds is 4. The van der Waals surface area contributed by atoms with Gasteiger partial charge in [0.25, 0.3) is 5.91 Å². The molecule has 1 rings (SSSR count). The molecule has 3 nitrogen and oxygen atoms in total. The number of nitrogens with zero attached hydrogens (tertiary/aromatic N) is 1. The maximum Gasteiger partial charge on any atom is 0.257 e. The number of hydrogen-bond acceptors (Lipinski definition) is 2. The molecule has 0 radical (unpaired) electrons. The lowest BCUT2D eigenvalue weighted by molar-refractivity contribution is 0.0731. The molecule has 98 valence electrons. The summed E-state index contributed by atoms with van der Waals surface area (Å²) in [7, 11) is 0. The van der Waals surface area contributed by atoms with Crippen LogP contribution in [0.25, 0.3) is 0 Å². The predicted octanol–water partition coefficient (Wildman–Crippen LogP) is 2.62. The van der Waals surface area contributed by atoms with Crippen LogP contribution in [0.15, 0.2) is 18.2 Å². The summed E-state index contributed by atoms with van der Waals surface area (Å²) < 4.78 is 13.7. The van der Waals surface area contributed by atoms with Crippen molar-refractivity contribution < 1.29 is 9.18 Å². The first-order valence-electron chi connectivity index (χ1n) is 5.37. The molecule has 1 amide bonds. The highest BCUT2D eigenvalue weighted by Gasteiger charge is 2.22. The van der Waals surface area contributed by atoms with Crippen LogP contribution in [0.4, 0.5) is 4.39 Å². The van der Waals surface area contributed by atoms with Crippen molar-refractivity contribution in [3.8, 4) is 0 Å². The van der Waals surface area contributed by atoms with Crippen LogP contribution < -0.4 is 5.73 Å². The molecular formula is C12H14ClFN2OS. The zero-order valence-electron chi connectivity index (χ0n) is 10.1. The lowest BCUT2D eigenvalue weighted by Gasteiger charge is -2.26. The summed E-state index contributed by atoms with van der Waals surface area (Å²) in [5.74, 6) is -1.10. The highest BCUT2D eigenvalue weighted by molar-refractivity contribution is 7.80. The van der Waals surface area contributed by atoms with Gasteiger partial charge in [0, 0.05) is 11.1 Å². The summed E-state index contributed by atoms with van der Waals surface area (Å²) in [6, 6.07) is 3.80. The van der Waals surface area contributed by atoms with E-state index in [0.29, 0.717) is 0 Å². The zero-order valence-corrected chi connectivity index (χ0v) is 11.7. The Hall–Kier alpha value is -1.20. The SMILES string of the molecule is CC(C)N(CC(N)=S)C(=O)c1ccc(Cl)cc1F. The molecule has 2 N–H and O–H groups in total. The summed E-state index contributed by atoms with van der Waals surface area (Å²) in [5.41, 5.74) is 5.39. The predicted molar refractivity (Wildman–Crippen MR) is 74.4 cm³/mol. The number of hydrogen-bond donors (Lipinski definition) is 1.